The van der Waals surface area contributed by atoms with E-state index in [9.17, 15) is 0 Å². The van der Waals surface area contributed by atoms with Crippen LogP contribution in [0.15, 0.2) is 12.3 Å². The third kappa shape index (κ3) is 4.44. The van der Waals surface area contributed by atoms with E-state index in [2.05, 4.69) is 61.7 Å². The predicted octanol–water partition coefficient (Wildman–Crippen LogP) is 4.51. The highest BCUT2D eigenvalue weighted by Crippen LogP contribution is 2.29. The monoisotopic (exact) mass is 427 g/mol. The molecule has 1 aliphatic rings. The number of hydrogen-bond donors (Lipinski definition) is 3. The standard InChI is InChI=1S/C22H33N7S/c1-13(2)18-12-25-29-20(26-15(4)22-27-14(3)16(5)30-22)10-19(28-21(18)29)24-11-17-6-8-23-9-7-17/h10,12-13,15,17,23,26H,6-9,11H2,1-5H3,(H,24,28). The minimum atomic E-state index is 0.0944. The molecule has 1 saturated heterocycles. The van der Waals surface area contributed by atoms with Crippen LogP contribution >= 0.6 is 11.3 Å². The van der Waals surface area contributed by atoms with Crippen LogP contribution in [0.1, 0.15) is 66.7 Å². The Bertz CT molecular complexity index is 981. The fraction of sp³-hybridized carbons (Fsp3) is 0.591. The Morgan fingerprint density at radius 2 is 1.97 bits per heavy atom. The van der Waals surface area contributed by atoms with Gasteiger partial charge in [-0.3, -0.25) is 0 Å². The van der Waals surface area contributed by atoms with Crippen LogP contribution < -0.4 is 16.0 Å². The highest BCUT2D eigenvalue weighted by molar-refractivity contribution is 7.11. The lowest BCUT2D eigenvalue weighted by molar-refractivity contribution is 0.389. The van der Waals surface area contributed by atoms with E-state index in [1.807, 2.05) is 10.7 Å². The first-order chi connectivity index (χ1) is 14.4. The molecule has 0 amide bonds. The van der Waals surface area contributed by atoms with Gasteiger partial charge in [-0.1, -0.05) is 13.8 Å². The second-order valence-corrected chi connectivity index (χ2v) is 9.89. The van der Waals surface area contributed by atoms with Gasteiger partial charge in [0.15, 0.2) is 5.65 Å². The minimum Gasteiger partial charge on any atom is -0.370 e. The molecule has 8 heteroatoms. The van der Waals surface area contributed by atoms with Gasteiger partial charge in [0, 0.05) is 23.1 Å². The normalized spacial score (nSPS) is 16.3. The zero-order chi connectivity index (χ0) is 21.3. The number of aryl methyl sites for hydroxylation is 2. The number of fused-ring (bicyclic) bond motifs is 1. The molecular formula is C22H33N7S. The Hall–Kier alpha value is -2.19. The van der Waals surface area contributed by atoms with Crippen molar-refractivity contribution < 1.29 is 0 Å². The van der Waals surface area contributed by atoms with Crippen LogP contribution in [0, 0.1) is 19.8 Å². The predicted molar refractivity (Wildman–Crippen MR) is 125 cm³/mol. The first-order valence-corrected chi connectivity index (χ1v) is 11.8. The van der Waals surface area contributed by atoms with E-state index < -0.39 is 0 Å². The highest BCUT2D eigenvalue weighted by Gasteiger charge is 2.18. The molecule has 1 fully saturated rings. The summed E-state index contributed by atoms with van der Waals surface area (Å²) in [6, 6.07) is 2.17. The van der Waals surface area contributed by atoms with Crippen LogP contribution in [-0.4, -0.2) is 39.2 Å². The van der Waals surface area contributed by atoms with Gasteiger partial charge in [-0.25, -0.2) is 9.97 Å². The van der Waals surface area contributed by atoms with E-state index in [0.29, 0.717) is 11.8 Å². The number of rotatable bonds is 7. The summed E-state index contributed by atoms with van der Waals surface area (Å²) in [4.78, 5) is 10.9. The van der Waals surface area contributed by atoms with Crippen molar-refractivity contribution in [3.05, 3.63) is 33.4 Å². The quantitative estimate of drug-likeness (QED) is 0.515. The average molecular weight is 428 g/mol. The van der Waals surface area contributed by atoms with E-state index in [4.69, 9.17) is 9.97 Å². The summed E-state index contributed by atoms with van der Waals surface area (Å²) in [6.45, 7) is 13.9. The molecule has 1 unspecified atom stereocenters. The summed E-state index contributed by atoms with van der Waals surface area (Å²) in [5.74, 6) is 2.90. The van der Waals surface area contributed by atoms with Crippen molar-refractivity contribution >= 4 is 28.6 Å². The summed E-state index contributed by atoms with van der Waals surface area (Å²) in [7, 11) is 0. The van der Waals surface area contributed by atoms with Gasteiger partial charge >= 0.3 is 0 Å². The molecule has 4 rings (SSSR count). The topological polar surface area (TPSA) is 79.2 Å². The molecule has 0 aromatic carbocycles. The molecule has 0 spiro atoms. The van der Waals surface area contributed by atoms with Crippen molar-refractivity contribution in [3.63, 3.8) is 0 Å². The summed E-state index contributed by atoms with van der Waals surface area (Å²) >= 11 is 1.75. The van der Waals surface area contributed by atoms with Gasteiger partial charge in [0.05, 0.1) is 17.9 Å². The molecule has 30 heavy (non-hydrogen) atoms. The molecule has 0 saturated carbocycles. The van der Waals surface area contributed by atoms with Crippen molar-refractivity contribution in [2.75, 3.05) is 30.3 Å². The maximum Gasteiger partial charge on any atom is 0.163 e. The van der Waals surface area contributed by atoms with Crippen LogP contribution in [0.3, 0.4) is 0 Å². The first-order valence-electron chi connectivity index (χ1n) is 11.0. The van der Waals surface area contributed by atoms with Gasteiger partial charge in [0.1, 0.15) is 16.6 Å². The van der Waals surface area contributed by atoms with Gasteiger partial charge in [-0.2, -0.15) is 9.61 Å². The maximum atomic E-state index is 4.92. The second kappa shape index (κ2) is 8.89. The van der Waals surface area contributed by atoms with Crippen molar-refractivity contribution in [2.24, 2.45) is 5.92 Å². The first kappa shape index (κ1) is 21.1. The van der Waals surface area contributed by atoms with E-state index in [1.54, 1.807) is 11.3 Å². The fourth-order valence-corrected chi connectivity index (χ4v) is 4.81. The third-order valence-electron chi connectivity index (χ3n) is 5.93. The van der Waals surface area contributed by atoms with Crippen molar-refractivity contribution in [1.29, 1.82) is 0 Å². The molecule has 7 nitrogen and oxygen atoms in total. The molecular weight excluding hydrogens is 394 g/mol. The summed E-state index contributed by atoms with van der Waals surface area (Å²) in [5.41, 5.74) is 3.19. The number of anilines is 2. The van der Waals surface area contributed by atoms with Crippen molar-refractivity contribution in [1.82, 2.24) is 24.9 Å². The minimum absolute atomic E-state index is 0.0944. The van der Waals surface area contributed by atoms with Crippen LogP contribution in [0.25, 0.3) is 5.65 Å². The van der Waals surface area contributed by atoms with Crippen molar-refractivity contribution in [3.8, 4) is 0 Å². The molecule has 162 valence electrons. The summed E-state index contributed by atoms with van der Waals surface area (Å²) in [6.07, 6.45) is 4.37. The zero-order valence-electron chi connectivity index (χ0n) is 18.6. The van der Waals surface area contributed by atoms with Gasteiger partial charge in [-0.05, 0) is 58.5 Å². The largest absolute Gasteiger partial charge is 0.370 e. The summed E-state index contributed by atoms with van der Waals surface area (Å²) < 4.78 is 1.93. The van der Waals surface area contributed by atoms with Gasteiger partial charge in [-0.15, -0.1) is 11.3 Å². The SMILES string of the molecule is Cc1nc(C(C)Nc2cc(NCC3CCNCC3)nc3c(C(C)C)cnn23)sc1C. The Morgan fingerprint density at radius 3 is 2.63 bits per heavy atom. The van der Waals surface area contributed by atoms with Crippen LogP contribution in [0.4, 0.5) is 11.6 Å². The number of piperidine rings is 1. The molecule has 1 aliphatic heterocycles. The fourth-order valence-electron chi connectivity index (χ4n) is 3.88. The number of thiazole rings is 1. The van der Waals surface area contributed by atoms with Gasteiger partial charge in [0.2, 0.25) is 0 Å². The average Bonchev–Trinajstić information content (AvgIpc) is 3.31. The van der Waals surface area contributed by atoms with E-state index >= 15 is 0 Å². The maximum absolute atomic E-state index is 4.92. The van der Waals surface area contributed by atoms with E-state index in [1.165, 1.54) is 17.7 Å². The van der Waals surface area contributed by atoms with Crippen LogP contribution in [-0.2, 0) is 0 Å². The smallest absolute Gasteiger partial charge is 0.163 e. The lowest BCUT2D eigenvalue weighted by Crippen LogP contribution is -2.31. The lowest BCUT2D eigenvalue weighted by atomic mass is 9.98. The third-order valence-corrected chi connectivity index (χ3v) is 7.19. The Kier molecular flexibility index (Phi) is 6.24. The van der Waals surface area contributed by atoms with Gasteiger partial charge in [0.25, 0.3) is 0 Å². The highest BCUT2D eigenvalue weighted by atomic mass is 32.1. The number of hydrogen-bond acceptors (Lipinski definition) is 7. The molecule has 0 aliphatic carbocycles. The summed E-state index contributed by atoms with van der Waals surface area (Å²) in [5, 5.41) is 16.4. The molecule has 3 N–H and O–H groups in total. The van der Waals surface area contributed by atoms with Crippen LogP contribution in [0.2, 0.25) is 0 Å². The number of aromatic nitrogens is 4. The van der Waals surface area contributed by atoms with Crippen LogP contribution in [0.5, 0.6) is 0 Å². The van der Waals surface area contributed by atoms with E-state index in [-0.39, 0.29) is 6.04 Å². The van der Waals surface area contributed by atoms with E-state index in [0.717, 1.165) is 53.2 Å². The molecule has 4 heterocycles. The molecule has 3 aromatic heterocycles. The van der Waals surface area contributed by atoms with Gasteiger partial charge < -0.3 is 16.0 Å². The number of nitrogens with zero attached hydrogens (tertiary/aromatic N) is 4. The van der Waals surface area contributed by atoms with Crippen molar-refractivity contribution in [2.45, 2.75) is 59.4 Å². The number of nitrogens with one attached hydrogen (secondary N) is 3. The molecule has 0 radical (unpaired) electrons. The molecule has 1 atom stereocenters. The Morgan fingerprint density at radius 1 is 1.20 bits per heavy atom. The second-order valence-electron chi connectivity index (χ2n) is 8.65. The molecule has 0 bridgehead atoms. The Labute approximate surface area is 182 Å². The Balaban J connectivity index is 1.62. The lowest BCUT2D eigenvalue weighted by Gasteiger charge is -2.23. The molecule has 3 aromatic rings. The zero-order valence-corrected chi connectivity index (χ0v) is 19.4.